The molecule has 0 unspecified atom stereocenters. The average Bonchev–Trinajstić information content (AvgIpc) is 2.84. The van der Waals surface area contributed by atoms with Gasteiger partial charge in [0, 0.05) is 12.1 Å². The Labute approximate surface area is 183 Å². The molecule has 0 heterocycles. The summed E-state index contributed by atoms with van der Waals surface area (Å²) >= 11 is 0. The van der Waals surface area contributed by atoms with Crippen molar-refractivity contribution in [2.75, 3.05) is 14.2 Å². The van der Waals surface area contributed by atoms with E-state index in [1.54, 1.807) is 36.4 Å². The van der Waals surface area contributed by atoms with Gasteiger partial charge in [-0.1, -0.05) is 12.1 Å². The number of rotatable bonds is 6. The van der Waals surface area contributed by atoms with E-state index in [0.717, 1.165) is 0 Å². The number of nitrogens with zero attached hydrogens (tertiary/aromatic N) is 2. The van der Waals surface area contributed by atoms with E-state index in [1.165, 1.54) is 38.5 Å². The van der Waals surface area contributed by atoms with Crippen LogP contribution in [0.1, 0.15) is 31.8 Å². The Balaban J connectivity index is 2.03. The highest BCUT2D eigenvalue weighted by atomic mass is 16.5. The molecule has 0 spiro atoms. The van der Waals surface area contributed by atoms with E-state index in [-0.39, 0.29) is 45.3 Å². The fraction of sp³-hybridized carbons (Fsp3) is 0.0833. The third-order valence-electron chi connectivity index (χ3n) is 4.29. The number of nitriles is 2. The number of hydrogen-bond donors (Lipinski definition) is 0. The molecule has 32 heavy (non-hydrogen) atoms. The summed E-state index contributed by atoms with van der Waals surface area (Å²) in [6.07, 6.45) is 0. The molecule has 3 aromatic carbocycles. The molecule has 0 fully saturated rings. The van der Waals surface area contributed by atoms with Crippen molar-refractivity contribution in [3.8, 4) is 35.1 Å². The third kappa shape index (κ3) is 4.84. The molecule has 3 aromatic rings. The highest BCUT2D eigenvalue weighted by molar-refractivity contribution is 5.90. The lowest BCUT2D eigenvalue weighted by Crippen LogP contribution is -2.02. The molecular weight excluding hydrogens is 412 g/mol. The van der Waals surface area contributed by atoms with Gasteiger partial charge in [0.05, 0.1) is 36.5 Å². The average molecular weight is 428 g/mol. The molecule has 0 saturated heterocycles. The van der Waals surface area contributed by atoms with Gasteiger partial charge >= 0.3 is 11.9 Å². The first kappa shape index (κ1) is 21.9. The second-order valence-electron chi connectivity index (χ2n) is 6.31. The summed E-state index contributed by atoms with van der Waals surface area (Å²) < 4.78 is 21.2. The second kappa shape index (κ2) is 9.79. The van der Waals surface area contributed by atoms with Crippen molar-refractivity contribution >= 4 is 11.9 Å². The highest BCUT2D eigenvalue weighted by Gasteiger charge is 2.16. The van der Waals surface area contributed by atoms with Gasteiger partial charge in [-0.15, -0.1) is 0 Å². The molecule has 0 bridgehead atoms. The summed E-state index contributed by atoms with van der Waals surface area (Å²) in [5, 5.41) is 18.8. The van der Waals surface area contributed by atoms with Crippen LogP contribution in [0.5, 0.6) is 23.0 Å². The van der Waals surface area contributed by atoms with Crippen LogP contribution in [0.4, 0.5) is 0 Å². The minimum absolute atomic E-state index is 0.0854. The van der Waals surface area contributed by atoms with E-state index in [1.807, 2.05) is 12.1 Å². The number of benzene rings is 3. The lowest BCUT2D eigenvalue weighted by Gasteiger charge is -2.14. The van der Waals surface area contributed by atoms with E-state index in [4.69, 9.17) is 18.9 Å². The maximum Gasteiger partial charge on any atom is 0.337 e. The Hall–Kier alpha value is -4.82. The minimum Gasteiger partial charge on any atom is -0.465 e. The van der Waals surface area contributed by atoms with Crippen LogP contribution in [0.2, 0.25) is 0 Å². The zero-order valence-electron chi connectivity index (χ0n) is 17.1. The van der Waals surface area contributed by atoms with Crippen LogP contribution in [0.15, 0.2) is 60.7 Å². The molecular formula is C24H16N2O6. The van der Waals surface area contributed by atoms with E-state index >= 15 is 0 Å². The van der Waals surface area contributed by atoms with E-state index in [0.29, 0.717) is 0 Å². The van der Waals surface area contributed by atoms with Crippen LogP contribution in [-0.2, 0) is 9.47 Å². The van der Waals surface area contributed by atoms with Gasteiger partial charge in [0.1, 0.15) is 23.6 Å². The summed E-state index contributed by atoms with van der Waals surface area (Å²) in [5.74, 6) is -0.241. The van der Waals surface area contributed by atoms with E-state index < -0.39 is 11.9 Å². The van der Waals surface area contributed by atoms with Crippen LogP contribution in [0.25, 0.3) is 0 Å². The smallest absolute Gasteiger partial charge is 0.337 e. The molecule has 0 radical (unpaired) electrons. The van der Waals surface area contributed by atoms with E-state index in [2.05, 4.69) is 0 Å². The largest absolute Gasteiger partial charge is 0.465 e. The van der Waals surface area contributed by atoms with Gasteiger partial charge in [0.15, 0.2) is 11.5 Å². The first-order valence-electron chi connectivity index (χ1n) is 9.19. The molecule has 0 saturated carbocycles. The SMILES string of the molecule is COC(=O)c1cccc(Oc2cc(C#N)c(C#N)cc2Oc2cccc(C(=O)OC)c2)c1. The summed E-state index contributed by atoms with van der Waals surface area (Å²) in [4.78, 5) is 23.6. The van der Waals surface area contributed by atoms with Crippen molar-refractivity contribution in [3.05, 3.63) is 82.9 Å². The molecule has 0 N–H and O–H groups in total. The normalized spacial score (nSPS) is 9.75. The first-order chi connectivity index (χ1) is 15.5. The molecule has 158 valence electrons. The van der Waals surface area contributed by atoms with Gasteiger partial charge in [-0.25, -0.2) is 9.59 Å². The maximum atomic E-state index is 11.8. The highest BCUT2D eigenvalue weighted by Crippen LogP contribution is 2.37. The van der Waals surface area contributed by atoms with Gasteiger partial charge in [0.25, 0.3) is 0 Å². The van der Waals surface area contributed by atoms with Crippen LogP contribution in [0.3, 0.4) is 0 Å². The quantitative estimate of drug-likeness (QED) is 0.523. The van der Waals surface area contributed by atoms with Gasteiger partial charge in [-0.2, -0.15) is 10.5 Å². The monoisotopic (exact) mass is 428 g/mol. The topological polar surface area (TPSA) is 119 Å². The van der Waals surface area contributed by atoms with Gasteiger partial charge in [0.2, 0.25) is 0 Å². The zero-order chi connectivity index (χ0) is 23.1. The molecule has 0 aliphatic heterocycles. The third-order valence-corrected chi connectivity index (χ3v) is 4.29. The predicted octanol–water partition coefficient (Wildman–Crippen LogP) is 4.59. The Bertz CT molecular complexity index is 1170. The standard InChI is InChI=1S/C24H16N2O6/c1-29-23(27)15-5-3-7-19(9-15)31-21-11-17(13-25)18(14-26)12-22(21)32-20-8-4-6-16(10-20)24(28)30-2/h3-12H,1-2H3. The summed E-state index contributed by atoms with van der Waals surface area (Å²) in [5.41, 5.74) is 0.712. The van der Waals surface area contributed by atoms with Gasteiger partial charge < -0.3 is 18.9 Å². The Morgan fingerprint density at radius 2 is 1.09 bits per heavy atom. The van der Waals surface area contributed by atoms with Crippen molar-refractivity contribution in [2.24, 2.45) is 0 Å². The lowest BCUT2D eigenvalue weighted by molar-refractivity contribution is 0.0591. The summed E-state index contributed by atoms with van der Waals surface area (Å²) in [7, 11) is 2.54. The second-order valence-corrected chi connectivity index (χ2v) is 6.31. The fourth-order valence-electron chi connectivity index (χ4n) is 2.77. The fourth-order valence-corrected chi connectivity index (χ4v) is 2.77. The molecule has 8 nitrogen and oxygen atoms in total. The van der Waals surface area contributed by atoms with Crippen molar-refractivity contribution in [1.29, 1.82) is 10.5 Å². The van der Waals surface area contributed by atoms with Crippen LogP contribution >= 0.6 is 0 Å². The molecule has 3 rings (SSSR count). The first-order valence-corrected chi connectivity index (χ1v) is 9.19. The molecule has 0 aliphatic carbocycles. The molecule has 0 aromatic heterocycles. The van der Waals surface area contributed by atoms with Crippen LogP contribution < -0.4 is 9.47 Å². The minimum atomic E-state index is -0.538. The molecule has 0 amide bonds. The number of hydrogen-bond acceptors (Lipinski definition) is 8. The lowest BCUT2D eigenvalue weighted by atomic mass is 10.1. The van der Waals surface area contributed by atoms with Crippen LogP contribution in [0, 0.1) is 22.7 Å². The van der Waals surface area contributed by atoms with Crippen molar-refractivity contribution in [2.45, 2.75) is 0 Å². The van der Waals surface area contributed by atoms with Crippen LogP contribution in [-0.4, -0.2) is 26.2 Å². The Kier molecular flexibility index (Phi) is 6.69. The molecule has 0 atom stereocenters. The van der Waals surface area contributed by atoms with Gasteiger partial charge in [-0.05, 0) is 36.4 Å². The molecule has 0 aliphatic rings. The maximum absolute atomic E-state index is 11.8. The number of carbonyl (C=O) groups is 2. The predicted molar refractivity (Wildman–Crippen MR) is 112 cm³/mol. The van der Waals surface area contributed by atoms with E-state index in [9.17, 15) is 20.1 Å². The Morgan fingerprint density at radius 3 is 1.44 bits per heavy atom. The summed E-state index contributed by atoms with van der Waals surface area (Å²) in [6.45, 7) is 0. The molecule has 8 heteroatoms. The van der Waals surface area contributed by atoms with Crippen molar-refractivity contribution in [1.82, 2.24) is 0 Å². The summed E-state index contributed by atoms with van der Waals surface area (Å²) in [6, 6.07) is 19.1. The Morgan fingerprint density at radius 1 is 0.688 bits per heavy atom. The van der Waals surface area contributed by atoms with Crippen molar-refractivity contribution in [3.63, 3.8) is 0 Å². The number of esters is 2. The van der Waals surface area contributed by atoms with Crippen molar-refractivity contribution < 1.29 is 28.5 Å². The number of ether oxygens (including phenoxy) is 4. The zero-order valence-corrected chi connectivity index (χ0v) is 17.1. The number of methoxy groups -OCH3 is 2. The van der Waals surface area contributed by atoms with Gasteiger partial charge in [-0.3, -0.25) is 0 Å². The number of carbonyl (C=O) groups excluding carboxylic acids is 2.